The standard InChI is InChI=1S/C6H10ClN3/c1-3(2)4-5(7)10-6(8)9-4/h3H,1-2H3,(H3,8,9,10). The number of anilines is 1. The van der Waals surface area contributed by atoms with Crippen LogP contribution in [0.2, 0.25) is 5.15 Å². The van der Waals surface area contributed by atoms with Crippen LogP contribution < -0.4 is 5.73 Å². The molecule has 1 aromatic rings. The second kappa shape index (κ2) is 2.50. The lowest BCUT2D eigenvalue weighted by Crippen LogP contribution is -1.89. The molecule has 4 heteroatoms. The molecule has 0 saturated carbocycles. The number of nitrogens with two attached hydrogens (primary N) is 1. The van der Waals surface area contributed by atoms with E-state index in [9.17, 15) is 0 Å². The molecule has 0 spiro atoms. The minimum atomic E-state index is 0.345. The molecule has 0 fully saturated rings. The highest BCUT2D eigenvalue weighted by molar-refractivity contribution is 6.30. The Balaban J connectivity index is 3.03. The van der Waals surface area contributed by atoms with Crippen molar-refractivity contribution < 1.29 is 0 Å². The van der Waals surface area contributed by atoms with Crippen LogP contribution in [0.4, 0.5) is 5.95 Å². The molecule has 0 aliphatic heterocycles. The van der Waals surface area contributed by atoms with Crippen LogP contribution in [0, 0.1) is 0 Å². The molecule has 1 heterocycles. The molecule has 1 rings (SSSR count). The monoisotopic (exact) mass is 159 g/mol. The average molecular weight is 160 g/mol. The van der Waals surface area contributed by atoms with Crippen molar-refractivity contribution in [3.05, 3.63) is 10.8 Å². The number of hydrogen-bond donors (Lipinski definition) is 2. The Hall–Kier alpha value is -0.700. The van der Waals surface area contributed by atoms with Gasteiger partial charge in [-0.05, 0) is 5.92 Å². The van der Waals surface area contributed by atoms with Crippen molar-refractivity contribution in [1.29, 1.82) is 0 Å². The van der Waals surface area contributed by atoms with Crippen molar-refractivity contribution in [2.24, 2.45) is 0 Å². The second-order valence-corrected chi connectivity index (χ2v) is 2.84. The molecule has 0 bridgehead atoms. The summed E-state index contributed by atoms with van der Waals surface area (Å²) in [5.41, 5.74) is 6.27. The Bertz CT molecular complexity index is 229. The average Bonchev–Trinajstić information content (AvgIpc) is 2.10. The highest BCUT2D eigenvalue weighted by atomic mass is 35.5. The molecular weight excluding hydrogens is 150 g/mol. The Morgan fingerprint density at radius 3 is 2.40 bits per heavy atom. The van der Waals surface area contributed by atoms with Crippen molar-refractivity contribution in [3.8, 4) is 0 Å². The Morgan fingerprint density at radius 2 is 2.20 bits per heavy atom. The van der Waals surface area contributed by atoms with Gasteiger partial charge in [-0.15, -0.1) is 0 Å². The third-order valence-corrected chi connectivity index (χ3v) is 1.57. The van der Waals surface area contributed by atoms with E-state index >= 15 is 0 Å². The summed E-state index contributed by atoms with van der Waals surface area (Å²) in [5.74, 6) is 0.728. The first-order chi connectivity index (χ1) is 4.61. The van der Waals surface area contributed by atoms with Crippen molar-refractivity contribution in [2.45, 2.75) is 19.8 Å². The molecule has 1 aromatic heterocycles. The number of H-pyrrole nitrogens is 1. The minimum Gasteiger partial charge on any atom is -0.369 e. The van der Waals surface area contributed by atoms with Gasteiger partial charge in [-0.2, -0.15) is 0 Å². The van der Waals surface area contributed by atoms with Crippen molar-refractivity contribution in [3.63, 3.8) is 0 Å². The van der Waals surface area contributed by atoms with E-state index < -0.39 is 0 Å². The highest BCUT2D eigenvalue weighted by Crippen LogP contribution is 2.21. The first kappa shape index (κ1) is 7.41. The van der Waals surface area contributed by atoms with Crippen LogP contribution >= 0.6 is 11.6 Å². The molecule has 0 radical (unpaired) electrons. The predicted molar refractivity (Wildman–Crippen MR) is 42.1 cm³/mol. The molecule has 0 atom stereocenters. The van der Waals surface area contributed by atoms with Crippen LogP contribution in [0.5, 0.6) is 0 Å². The summed E-state index contributed by atoms with van der Waals surface area (Å²) < 4.78 is 0. The molecule has 0 aliphatic rings. The first-order valence-corrected chi connectivity index (χ1v) is 3.50. The normalized spacial score (nSPS) is 10.8. The van der Waals surface area contributed by atoms with Crippen LogP contribution in [-0.2, 0) is 0 Å². The number of hydrogen-bond acceptors (Lipinski definition) is 2. The summed E-state index contributed by atoms with van der Waals surface area (Å²) in [4.78, 5) is 6.70. The van der Waals surface area contributed by atoms with Gasteiger partial charge < -0.3 is 10.7 Å². The lowest BCUT2D eigenvalue weighted by molar-refractivity contribution is 0.834. The van der Waals surface area contributed by atoms with Gasteiger partial charge >= 0.3 is 0 Å². The largest absolute Gasteiger partial charge is 0.369 e. The quantitative estimate of drug-likeness (QED) is 0.656. The van der Waals surface area contributed by atoms with Crippen LogP contribution in [0.15, 0.2) is 0 Å². The molecule has 3 nitrogen and oxygen atoms in total. The van der Waals surface area contributed by atoms with Gasteiger partial charge in [0.2, 0.25) is 0 Å². The number of nitrogen functional groups attached to an aromatic ring is 1. The molecule has 56 valence electrons. The van der Waals surface area contributed by atoms with Gasteiger partial charge in [-0.25, -0.2) is 4.98 Å². The van der Waals surface area contributed by atoms with Crippen LogP contribution in [0.3, 0.4) is 0 Å². The summed E-state index contributed by atoms with van der Waals surface area (Å²) in [6.07, 6.45) is 0. The molecule has 0 saturated heterocycles. The van der Waals surface area contributed by atoms with E-state index in [4.69, 9.17) is 17.3 Å². The third kappa shape index (κ3) is 1.24. The van der Waals surface area contributed by atoms with E-state index in [1.165, 1.54) is 0 Å². The number of imidazole rings is 1. The van der Waals surface area contributed by atoms with E-state index in [-0.39, 0.29) is 0 Å². The van der Waals surface area contributed by atoms with Gasteiger partial charge in [0.25, 0.3) is 0 Å². The zero-order valence-corrected chi connectivity index (χ0v) is 6.74. The van der Waals surface area contributed by atoms with Gasteiger partial charge in [-0.1, -0.05) is 25.4 Å². The van der Waals surface area contributed by atoms with Crippen LogP contribution in [-0.4, -0.2) is 9.97 Å². The van der Waals surface area contributed by atoms with Gasteiger partial charge in [0, 0.05) is 0 Å². The molecule has 0 amide bonds. The smallest absolute Gasteiger partial charge is 0.199 e. The van der Waals surface area contributed by atoms with Crippen molar-refractivity contribution in [2.75, 3.05) is 5.73 Å². The molecular formula is C6H10ClN3. The molecule has 0 unspecified atom stereocenters. The number of rotatable bonds is 1. The van der Waals surface area contributed by atoms with E-state index in [0.29, 0.717) is 17.0 Å². The minimum absolute atomic E-state index is 0.345. The topological polar surface area (TPSA) is 54.7 Å². The van der Waals surface area contributed by atoms with E-state index in [1.54, 1.807) is 0 Å². The zero-order chi connectivity index (χ0) is 7.72. The van der Waals surface area contributed by atoms with Gasteiger partial charge in [0.15, 0.2) is 11.1 Å². The van der Waals surface area contributed by atoms with Crippen molar-refractivity contribution in [1.82, 2.24) is 9.97 Å². The number of aromatic nitrogens is 2. The lowest BCUT2D eigenvalue weighted by atomic mass is 10.2. The summed E-state index contributed by atoms with van der Waals surface area (Å²) >= 11 is 5.72. The van der Waals surface area contributed by atoms with Crippen LogP contribution in [0.1, 0.15) is 25.5 Å². The number of nitrogens with one attached hydrogen (secondary N) is 1. The fraction of sp³-hybridized carbons (Fsp3) is 0.500. The second-order valence-electron chi connectivity index (χ2n) is 2.48. The van der Waals surface area contributed by atoms with Crippen LogP contribution in [0.25, 0.3) is 0 Å². The van der Waals surface area contributed by atoms with Gasteiger partial charge in [0.1, 0.15) is 0 Å². The van der Waals surface area contributed by atoms with E-state index in [1.807, 2.05) is 13.8 Å². The third-order valence-electron chi connectivity index (χ3n) is 1.28. The van der Waals surface area contributed by atoms with Gasteiger partial charge in [-0.3, -0.25) is 0 Å². The number of halogens is 1. The maximum absolute atomic E-state index is 5.72. The lowest BCUT2D eigenvalue weighted by Gasteiger charge is -1.98. The zero-order valence-electron chi connectivity index (χ0n) is 5.98. The SMILES string of the molecule is CC(C)c1[nH]c(N)nc1Cl. The summed E-state index contributed by atoms with van der Waals surface area (Å²) in [5, 5.41) is 0.479. The van der Waals surface area contributed by atoms with Crippen molar-refractivity contribution >= 4 is 17.5 Å². The maximum atomic E-state index is 5.72. The number of nitrogens with zero attached hydrogens (tertiary/aromatic N) is 1. The molecule has 0 aromatic carbocycles. The first-order valence-electron chi connectivity index (χ1n) is 3.12. The fourth-order valence-electron chi connectivity index (χ4n) is 0.766. The predicted octanol–water partition coefficient (Wildman–Crippen LogP) is 1.77. The Labute approximate surface area is 64.6 Å². The highest BCUT2D eigenvalue weighted by Gasteiger charge is 2.08. The fourth-order valence-corrected chi connectivity index (χ4v) is 1.12. The van der Waals surface area contributed by atoms with Gasteiger partial charge in [0.05, 0.1) is 5.69 Å². The molecule has 10 heavy (non-hydrogen) atoms. The molecule has 0 aliphatic carbocycles. The molecule has 3 N–H and O–H groups in total. The maximum Gasteiger partial charge on any atom is 0.199 e. The Kier molecular flexibility index (Phi) is 1.85. The van der Waals surface area contributed by atoms with E-state index in [2.05, 4.69) is 9.97 Å². The van der Waals surface area contributed by atoms with E-state index in [0.717, 1.165) is 5.69 Å². The summed E-state index contributed by atoms with van der Waals surface area (Å²) in [6.45, 7) is 4.05. The summed E-state index contributed by atoms with van der Waals surface area (Å²) in [6, 6.07) is 0. The number of aromatic amines is 1. The summed E-state index contributed by atoms with van der Waals surface area (Å²) in [7, 11) is 0. The Morgan fingerprint density at radius 1 is 1.60 bits per heavy atom.